The molecule has 0 radical (unpaired) electrons. The fourth-order valence-corrected chi connectivity index (χ4v) is 2.93. The van der Waals surface area contributed by atoms with Crippen molar-refractivity contribution in [3.8, 4) is 0 Å². The molecule has 0 atom stereocenters. The van der Waals surface area contributed by atoms with Crippen LogP contribution in [0, 0.1) is 17.0 Å². The number of nitro groups is 1. The molecule has 0 bridgehead atoms. The molecule has 0 heterocycles. The number of nitro benzene ring substituents is 1. The van der Waals surface area contributed by atoms with E-state index in [2.05, 4.69) is 0 Å². The SMILES string of the molecule is CCOC(=O)c1c(C)c2ccccc2c2cc([N+](=O)[O-])ccc12. The second kappa shape index (κ2) is 5.68. The van der Waals surface area contributed by atoms with Crippen LogP contribution in [0.3, 0.4) is 0 Å². The van der Waals surface area contributed by atoms with Crippen molar-refractivity contribution in [3.63, 3.8) is 0 Å². The minimum absolute atomic E-state index is 0.00122. The molecule has 0 aromatic heterocycles. The Labute approximate surface area is 132 Å². The van der Waals surface area contributed by atoms with Crippen molar-refractivity contribution < 1.29 is 14.5 Å². The van der Waals surface area contributed by atoms with Crippen molar-refractivity contribution in [3.05, 3.63) is 63.7 Å². The van der Waals surface area contributed by atoms with Gasteiger partial charge in [0.25, 0.3) is 5.69 Å². The van der Waals surface area contributed by atoms with Crippen molar-refractivity contribution in [2.45, 2.75) is 13.8 Å². The number of nitrogens with zero attached hydrogens (tertiary/aromatic N) is 1. The lowest BCUT2D eigenvalue weighted by molar-refractivity contribution is -0.384. The average Bonchev–Trinajstić information content (AvgIpc) is 2.55. The predicted octanol–water partition coefficient (Wildman–Crippen LogP) is 4.39. The van der Waals surface area contributed by atoms with Crippen LogP contribution >= 0.6 is 0 Å². The lowest BCUT2D eigenvalue weighted by Crippen LogP contribution is -2.08. The molecule has 0 N–H and O–H groups in total. The maximum Gasteiger partial charge on any atom is 0.339 e. The van der Waals surface area contributed by atoms with Crippen LogP contribution in [0.4, 0.5) is 5.69 Å². The van der Waals surface area contributed by atoms with Crippen LogP contribution in [-0.2, 0) is 4.74 Å². The van der Waals surface area contributed by atoms with Gasteiger partial charge in [-0.1, -0.05) is 24.3 Å². The number of benzene rings is 3. The number of hydrogen-bond donors (Lipinski definition) is 0. The predicted molar refractivity (Wildman–Crippen MR) is 88.8 cm³/mol. The van der Waals surface area contributed by atoms with Gasteiger partial charge in [-0.3, -0.25) is 10.1 Å². The van der Waals surface area contributed by atoms with Crippen LogP contribution in [0.5, 0.6) is 0 Å². The van der Waals surface area contributed by atoms with E-state index in [1.54, 1.807) is 13.0 Å². The molecule has 5 nitrogen and oxygen atoms in total. The van der Waals surface area contributed by atoms with Crippen LogP contribution in [-0.4, -0.2) is 17.5 Å². The molecule has 0 spiro atoms. The molecule has 116 valence electrons. The number of rotatable bonds is 3. The molecular formula is C18H15NO4. The van der Waals surface area contributed by atoms with Gasteiger partial charge in [0.05, 0.1) is 17.1 Å². The van der Waals surface area contributed by atoms with Crippen LogP contribution in [0.1, 0.15) is 22.8 Å². The summed E-state index contributed by atoms with van der Waals surface area (Å²) in [5.74, 6) is -0.408. The zero-order chi connectivity index (χ0) is 16.6. The van der Waals surface area contributed by atoms with Crippen LogP contribution in [0.15, 0.2) is 42.5 Å². The molecule has 0 aliphatic carbocycles. The topological polar surface area (TPSA) is 69.4 Å². The minimum Gasteiger partial charge on any atom is -0.462 e. The molecule has 0 aliphatic heterocycles. The highest BCUT2D eigenvalue weighted by molar-refractivity contribution is 6.18. The Hall–Kier alpha value is -2.95. The summed E-state index contributed by atoms with van der Waals surface area (Å²) < 4.78 is 5.17. The first-order chi connectivity index (χ1) is 11.0. The normalized spacial score (nSPS) is 10.9. The number of aryl methyl sites for hydroxylation is 1. The van der Waals surface area contributed by atoms with Crippen LogP contribution < -0.4 is 0 Å². The molecule has 3 aromatic carbocycles. The van der Waals surface area contributed by atoms with E-state index in [0.29, 0.717) is 16.3 Å². The van der Waals surface area contributed by atoms with Crippen LogP contribution in [0.25, 0.3) is 21.5 Å². The molecule has 3 rings (SSSR count). The first kappa shape index (κ1) is 15.0. The van der Waals surface area contributed by atoms with Gasteiger partial charge in [-0.15, -0.1) is 0 Å². The number of ether oxygens (including phenoxy) is 1. The monoisotopic (exact) mass is 309 g/mol. The zero-order valence-electron chi connectivity index (χ0n) is 12.8. The highest BCUT2D eigenvalue weighted by Gasteiger charge is 2.20. The highest BCUT2D eigenvalue weighted by atomic mass is 16.6. The van der Waals surface area contributed by atoms with Gasteiger partial charge in [0.15, 0.2) is 0 Å². The number of carbonyl (C=O) groups excluding carboxylic acids is 1. The van der Waals surface area contributed by atoms with E-state index in [9.17, 15) is 14.9 Å². The van der Waals surface area contributed by atoms with Gasteiger partial charge in [-0.05, 0) is 47.0 Å². The summed E-state index contributed by atoms with van der Waals surface area (Å²) in [6.45, 7) is 3.90. The summed E-state index contributed by atoms with van der Waals surface area (Å²) in [7, 11) is 0. The Bertz CT molecular complexity index is 947. The van der Waals surface area contributed by atoms with Gasteiger partial charge < -0.3 is 4.74 Å². The van der Waals surface area contributed by atoms with E-state index in [0.717, 1.165) is 16.3 Å². The number of carbonyl (C=O) groups is 1. The first-order valence-corrected chi connectivity index (χ1v) is 7.31. The third-order valence-electron chi connectivity index (χ3n) is 3.96. The molecule has 0 saturated carbocycles. The lowest BCUT2D eigenvalue weighted by atomic mass is 9.92. The standard InChI is InChI=1S/C18H15NO4/c1-3-23-18(20)17-11(2)13-6-4-5-7-14(13)16-10-12(19(21)22)8-9-15(16)17/h4-10H,3H2,1-2H3. The molecule has 0 aliphatic rings. The van der Waals surface area contributed by atoms with Crippen molar-refractivity contribution in [1.29, 1.82) is 0 Å². The van der Waals surface area contributed by atoms with Crippen LogP contribution in [0.2, 0.25) is 0 Å². The Kier molecular flexibility index (Phi) is 3.70. The first-order valence-electron chi connectivity index (χ1n) is 7.31. The van der Waals surface area contributed by atoms with Gasteiger partial charge in [-0.2, -0.15) is 0 Å². The molecule has 0 saturated heterocycles. The van der Waals surface area contributed by atoms with E-state index in [1.807, 2.05) is 31.2 Å². The van der Waals surface area contributed by atoms with Gasteiger partial charge in [0, 0.05) is 12.1 Å². The Morgan fingerprint density at radius 2 is 1.78 bits per heavy atom. The second-order valence-corrected chi connectivity index (χ2v) is 5.25. The summed E-state index contributed by atoms with van der Waals surface area (Å²) in [6.07, 6.45) is 0. The van der Waals surface area contributed by atoms with Gasteiger partial charge in [0.2, 0.25) is 0 Å². The number of esters is 1. The molecule has 23 heavy (non-hydrogen) atoms. The Morgan fingerprint density at radius 1 is 1.09 bits per heavy atom. The zero-order valence-corrected chi connectivity index (χ0v) is 12.8. The van der Waals surface area contributed by atoms with Crippen molar-refractivity contribution >= 4 is 33.2 Å². The molecule has 3 aromatic rings. The van der Waals surface area contributed by atoms with Gasteiger partial charge in [-0.25, -0.2) is 4.79 Å². The van der Waals surface area contributed by atoms with Gasteiger partial charge in [0.1, 0.15) is 0 Å². The van der Waals surface area contributed by atoms with E-state index >= 15 is 0 Å². The van der Waals surface area contributed by atoms with E-state index < -0.39 is 10.9 Å². The number of fused-ring (bicyclic) bond motifs is 3. The average molecular weight is 309 g/mol. The van der Waals surface area contributed by atoms with Gasteiger partial charge >= 0.3 is 5.97 Å². The largest absolute Gasteiger partial charge is 0.462 e. The summed E-state index contributed by atoms with van der Waals surface area (Å²) in [4.78, 5) is 23.0. The molecule has 0 amide bonds. The summed E-state index contributed by atoms with van der Waals surface area (Å²) in [5, 5.41) is 14.2. The molecular weight excluding hydrogens is 294 g/mol. The summed E-state index contributed by atoms with van der Waals surface area (Å²) >= 11 is 0. The lowest BCUT2D eigenvalue weighted by Gasteiger charge is -2.13. The fraction of sp³-hybridized carbons (Fsp3) is 0.167. The summed E-state index contributed by atoms with van der Waals surface area (Å²) in [6, 6.07) is 12.1. The minimum atomic E-state index is -0.432. The number of non-ortho nitro benzene ring substituents is 1. The van der Waals surface area contributed by atoms with Crippen molar-refractivity contribution in [2.75, 3.05) is 6.61 Å². The van der Waals surface area contributed by atoms with Crippen molar-refractivity contribution in [1.82, 2.24) is 0 Å². The van der Waals surface area contributed by atoms with E-state index in [4.69, 9.17) is 4.74 Å². The molecule has 5 heteroatoms. The fourth-order valence-electron chi connectivity index (χ4n) is 2.93. The number of hydrogen-bond acceptors (Lipinski definition) is 4. The third-order valence-corrected chi connectivity index (χ3v) is 3.96. The molecule has 0 unspecified atom stereocenters. The Balaban J connectivity index is 2.48. The molecule has 0 fully saturated rings. The van der Waals surface area contributed by atoms with E-state index in [-0.39, 0.29) is 12.3 Å². The second-order valence-electron chi connectivity index (χ2n) is 5.25. The Morgan fingerprint density at radius 3 is 2.43 bits per heavy atom. The third kappa shape index (κ3) is 2.40. The summed E-state index contributed by atoms with van der Waals surface area (Å²) in [5.41, 5.74) is 1.29. The van der Waals surface area contributed by atoms with Crippen molar-refractivity contribution in [2.24, 2.45) is 0 Å². The highest BCUT2D eigenvalue weighted by Crippen LogP contribution is 2.34. The van der Waals surface area contributed by atoms with E-state index in [1.165, 1.54) is 12.1 Å². The smallest absolute Gasteiger partial charge is 0.339 e. The quantitative estimate of drug-likeness (QED) is 0.311. The maximum absolute atomic E-state index is 12.4. The maximum atomic E-state index is 12.4.